The molecule has 1 heterocycles. The smallest absolute Gasteiger partial charge is 0.322 e. The highest BCUT2D eigenvalue weighted by atomic mass is 19.4. The summed E-state index contributed by atoms with van der Waals surface area (Å²) in [7, 11) is 0. The van der Waals surface area contributed by atoms with Crippen molar-refractivity contribution in [1.29, 1.82) is 0 Å². The van der Waals surface area contributed by atoms with Gasteiger partial charge in [-0.15, -0.1) is 0 Å². The minimum atomic E-state index is -4.55. The van der Waals surface area contributed by atoms with Crippen molar-refractivity contribution in [3.8, 4) is 0 Å². The Kier molecular flexibility index (Phi) is 4.36. The van der Waals surface area contributed by atoms with Crippen LogP contribution in [0.15, 0.2) is 29.1 Å². The largest absolute Gasteiger partial charge is 0.417 e. The van der Waals surface area contributed by atoms with Crippen molar-refractivity contribution in [3.63, 3.8) is 0 Å². The molecule has 0 unspecified atom stereocenters. The van der Waals surface area contributed by atoms with Gasteiger partial charge in [-0.25, -0.2) is 0 Å². The molecule has 0 aliphatic heterocycles. The monoisotopic (exact) mass is 311 g/mol. The number of rotatable bonds is 3. The summed E-state index contributed by atoms with van der Waals surface area (Å²) >= 11 is 0. The van der Waals surface area contributed by atoms with Crippen LogP contribution in [0.4, 0.5) is 13.2 Å². The Morgan fingerprint density at radius 1 is 1.00 bits per heavy atom. The Bertz CT molecular complexity index is 721. The van der Waals surface area contributed by atoms with Crippen LogP contribution in [0.25, 0.3) is 10.9 Å². The first-order valence-corrected chi connectivity index (χ1v) is 7.35. The number of alkyl halides is 3. The van der Waals surface area contributed by atoms with Gasteiger partial charge in [0.15, 0.2) is 0 Å². The van der Waals surface area contributed by atoms with Gasteiger partial charge in [0.05, 0.1) is 5.56 Å². The third-order valence-corrected chi connectivity index (χ3v) is 3.99. The van der Waals surface area contributed by atoms with Gasteiger partial charge >= 0.3 is 6.18 Å². The summed E-state index contributed by atoms with van der Waals surface area (Å²) in [6, 6.07) is 5.58. The molecule has 2 nitrogen and oxygen atoms in total. The predicted molar refractivity (Wildman–Crippen MR) is 82.0 cm³/mol. The van der Waals surface area contributed by atoms with Crippen molar-refractivity contribution in [3.05, 3.63) is 45.7 Å². The maximum Gasteiger partial charge on any atom is 0.417 e. The standard InChI is InChI=1S/C17H20F3NO/c1-9(2)16(10(3)4)11-5-6-14-12(7-11)13(17(18,19)20)8-15(22)21-14/h5-10,16H,1-4H3,(H,21,22). The zero-order valence-electron chi connectivity index (χ0n) is 13.1. The quantitative estimate of drug-likeness (QED) is 0.855. The highest BCUT2D eigenvalue weighted by Crippen LogP contribution is 2.37. The second-order valence-electron chi connectivity index (χ2n) is 6.36. The van der Waals surface area contributed by atoms with Gasteiger partial charge in [-0.1, -0.05) is 33.8 Å². The number of hydrogen-bond acceptors (Lipinski definition) is 1. The van der Waals surface area contributed by atoms with Crippen molar-refractivity contribution >= 4 is 10.9 Å². The van der Waals surface area contributed by atoms with Gasteiger partial charge in [-0.3, -0.25) is 4.79 Å². The minimum absolute atomic E-state index is 0.0518. The number of hydrogen-bond donors (Lipinski definition) is 1. The number of H-pyrrole nitrogens is 1. The van der Waals surface area contributed by atoms with Gasteiger partial charge in [-0.05, 0) is 35.4 Å². The molecule has 0 amide bonds. The molecule has 0 spiro atoms. The van der Waals surface area contributed by atoms with Gasteiger partial charge < -0.3 is 4.98 Å². The summed E-state index contributed by atoms with van der Waals surface area (Å²) in [5, 5.41) is 0.0518. The van der Waals surface area contributed by atoms with E-state index in [1.807, 2.05) is 6.07 Å². The van der Waals surface area contributed by atoms with Crippen molar-refractivity contribution in [2.75, 3.05) is 0 Å². The predicted octanol–water partition coefficient (Wildman–Crippen LogP) is 4.94. The lowest BCUT2D eigenvalue weighted by molar-refractivity contribution is -0.136. The Morgan fingerprint density at radius 3 is 2.09 bits per heavy atom. The number of pyridine rings is 1. The lowest BCUT2D eigenvalue weighted by Crippen LogP contribution is -2.16. The molecule has 1 N–H and O–H groups in total. The third kappa shape index (κ3) is 3.18. The number of fused-ring (bicyclic) bond motifs is 1. The normalized spacial score (nSPS) is 12.8. The molecule has 0 atom stereocenters. The average Bonchev–Trinajstić information content (AvgIpc) is 2.36. The SMILES string of the molecule is CC(C)C(c1ccc2[nH]c(=O)cc(C(F)(F)F)c2c1)C(C)C. The van der Waals surface area contributed by atoms with E-state index in [0.717, 1.165) is 5.56 Å². The van der Waals surface area contributed by atoms with Gasteiger partial charge in [0.2, 0.25) is 5.56 Å². The number of nitrogens with one attached hydrogen (secondary N) is 1. The summed E-state index contributed by atoms with van der Waals surface area (Å²) in [6.45, 7) is 8.25. The van der Waals surface area contributed by atoms with Crippen LogP contribution in [0, 0.1) is 11.8 Å². The molecule has 5 heteroatoms. The Morgan fingerprint density at radius 2 is 1.59 bits per heavy atom. The molecule has 0 saturated heterocycles. The molecular weight excluding hydrogens is 291 g/mol. The fraction of sp³-hybridized carbons (Fsp3) is 0.471. The molecule has 2 aromatic rings. The number of aromatic amines is 1. The first-order valence-electron chi connectivity index (χ1n) is 7.35. The van der Waals surface area contributed by atoms with Crippen LogP contribution >= 0.6 is 0 Å². The lowest BCUT2D eigenvalue weighted by Gasteiger charge is -2.26. The fourth-order valence-electron chi connectivity index (χ4n) is 3.25. The van der Waals surface area contributed by atoms with Gasteiger partial charge in [0.1, 0.15) is 0 Å². The van der Waals surface area contributed by atoms with E-state index in [1.165, 1.54) is 0 Å². The summed E-state index contributed by atoms with van der Waals surface area (Å²) in [4.78, 5) is 13.9. The molecule has 1 aromatic heterocycles. The van der Waals surface area contributed by atoms with Gasteiger partial charge in [0.25, 0.3) is 0 Å². The van der Waals surface area contributed by atoms with Crippen LogP contribution in [0.5, 0.6) is 0 Å². The molecule has 0 bridgehead atoms. The van der Waals surface area contributed by atoms with Crippen LogP contribution in [0.2, 0.25) is 0 Å². The molecule has 0 saturated carbocycles. The molecule has 22 heavy (non-hydrogen) atoms. The molecule has 0 aliphatic rings. The fourth-order valence-corrected chi connectivity index (χ4v) is 3.25. The molecular formula is C17H20F3NO. The number of aromatic nitrogens is 1. The van der Waals surface area contributed by atoms with E-state index < -0.39 is 17.3 Å². The highest BCUT2D eigenvalue weighted by Gasteiger charge is 2.33. The first-order chi connectivity index (χ1) is 10.1. The topological polar surface area (TPSA) is 32.9 Å². The number of benzene rings is 1. The molecule has 0 aliphatic carbocycles. The maximum atomic E-state index is 13.2. The summed E-state index contributed by atoms with van der Waals surface area (Å²) in [5.74, 6) is 0.793. The van der Waals surface area contributed by atoms with E-state index in [-0.39, 0.29) is 16.8 Å². The van der Waals surface area contributed by atoms with Crippen LogP contribution < -0.4 is 5.56 Å². The van der Waals surface area contributed by atoms with Crippen molar-refractivity contribution in [2.45, 2.75) is 39.8 Å². The third-order valence-electron chi connectivity index (χ3n) is 3.99. The summed E-state index contributed by atoms with van der Waals surface area (Å²) in [5.41, 5.74) is -0.527. The van der Waals surface area contributed by atoms with Crippen LogP contribution in [0.3, 0.4) is 0 Å². The van der Waals surface area contributed by atoms with E-state index in [2.05, 4.69) is 32.7 Å². The summed E-state index contributed by atoms with van der Waals surface area (Å²) in [6.07, 6.45) is -4.55. The Balaban J connectivity index is 2.73. The molecule has 0 fully saturated rings. The minimum Gasteiger partial charge on any atom is -0.322 e. The Labute approximate surface area is 127 Å². The number of halogens is 3. The van der Waals surface area contributed by atoms with Crippen molar-refractivity contribution in [1.82, 2.24) is 4.98 Å². The highest BCUT2D eigenvalue weighted by molar-refractivity contribution is 5.83. The van der Waals surface area contributed by atoms with Crippen LogP contribution in [-0.4, -0.2) is 4.98 Å². The van der Waals surface area contributed by atoms with E-state index in [0.29, 0.717) is 17.9 Å². The van der Waals surface area contributed by atoms with E-state index in [9.17, 15) is 18.0 Å². The van der Waals surface area contributed by atoms with Crippen LogP contribution in [-0.2, 0) is 6.18 Å². The zero-order valence-corrected chi connectivity index (χ0v) is 13.1. The lowest BCUT2D eigenvalue weighted by atomic mass is 9.79. The van der Waals surface area contributed by atoms with E-state index in [1.54, 1.807) is 12.1 Å². The van der Waals surface area contributed by atoms with E-state index in [4.69, 9.17) is 0 Å². The molecule has 2 rings (SSSR count). The molecule has 1 aromatic carbocycles. The van der Waals surface area contributed by atoms with Gasteiger partial charge in [0, 0.05) is 17.0 Å². The van der Waals surface area contributed by atoms with Gasteiger partial charge in [-0.2, -0.15) is 13.2 Å². The van der Waals surface area contributed by atoms with Crippen LogP contribution in [0.1, 0.15) is 44.7 Å². The molecule has 0 radical (unpaired) electrons. The van der Waals surface area contributed by atoms with Crippen molar-refractivity contribution < 1.29 is 13.2 Å². The second-order valence-corrected chi connectivity index (χ2v) is 6.36. The Hall–Kier alpha value is -1.78. The van der Waals surface area contributed by atoms with Crippen molar-refractivity contribution in [2.24, 2.45) is 11.8 Å². The zero-order chi connectivity index (χ0) is 16.7. The molecule has 120 valence electrons. The second kappa shape index (κ2) is 5.78. The summed E-state index contributed by atoms with van der Waals surface area (Å²) < 4.78 is 39.6. The van der Waals surface area contributed by atoms with E-state index >= 15 is 0 Å². The first kappa shape index (κ1) is 16.6. The maximum absolute atomic E-state index is 13.2. The average molecular weight is 311 g/mol.